The van der Waals surface area contributed by atoms with Crippen molar-refractivity contribution in [1.29, 1.82) is 0 Å². The van der Waals surface area contributed by atoms with E-state index in [1.807, 2.05) is 18.2 Å². The van der Waals surface area contributed by atoms with Crippen LogP contribution >= 0.6 is 0 Å². The molecule has 0 saturated carbocycles. The molecule has 51 heavy (non-hydrogen) atoms. The molecule has 0 fully saturated rings. The van der Waals surface area contributed by atoms with Crippen LogP contribution in [-0.4, -0.2) is 19.5 Å². The van der Waals surface area contributed by atoms with E-state index in [1.165, 1.54) is 32.6 Å². The summed E-state index contributed by atoms with van der Waals surface area (Å²) < 4.78 is 2.36. The van der Waals surface area contributed by atoms with Gasteiger partial charge in [-0.1, -0.05) is 146 Å². The van der Waals surface area contributed by atoms with Crippen LogP contribution in [-0.2, 0) is 0 Å². The normalized spacial score (nSPS) is 11.5. The second-order valence-electron chi connectivity index (χ2n) is 12.9. The van der Waals surface area contributed by atoms with Crippen molar-refractivity contribution in [3.63, 3.8) is 0 Å². The molecule has 238 valence electrons. The Morgan fingerprint density at radius 1 is 0.314 bits per heavy atom. The molecule has 0 spiro atoms. The van der Waals surface area contributed by atoms with Gasteiger partial charge in [-0.2, -0.15) is 0 Å². The van der Waals surface area contributed by atoms with Crippen molar-refractivity contribution >= 4 is 43.4 Å². The minimum atomic E-state index is 0.637. The van der Waals surface area contributed by atoms with Crippen LogP contribution in [0.15, 0.2) is 182 Å². The third kappa shape index (κ3) is 4.96. The molecule has 4 nitrogen and oxygen atoms in total. The Balaban J connectivity index is 1.16. The highest BCUT2D eigenvalue weighted by Gasteiger charge is 2.17. The van der Waals surface area contributed by atoms with E-state index >= 15 is 0 Å². The Morgan fingerprint density at radius 2 is 0.882 bits per heavy atom. The van der Waals surface area contributed by atoms with Gasteiger partial charge in [0.2, 0.25) is 0 Å². The van der Waals surface area contributed by atoms with Crippen molar-refractivity contribution < 1.29 is 0 Å². The Labute approximate surface area is 295 Å². The second-order valence-corrected chi connectivity index (χ2v) is 12.9. The predicted octanol–water partition coefficient (Wildman–Crippen LogP) is 11.9. The number of benzene rings is 8. The fraction of sp³-hybridized carbons (Fsp3) is 0. The maximum Gasteiger partial charge on any atom is 0.164 e. The first-order valence-corrected chi connectivity index (χ1v) is 17.2. The van der Waals surface area contributed by atoms with Gasteiger partial charge >= 0.3 is 0 Å². The van der Waals surface area contributed by atoms with Gasteiger partial charge in [-0.25, -0.2) is 15.0 Å². The number of fused-ring (bicyclic) bond motifs is 6. The van der Waals surface area contributed by atoms with Crippen molar-refractivity contribution in [2.45, 2.75) is 0 Å². The summed E-state index contributed by atoms with van der Waals surface area (Å²) in [6.07, 6.45) is 0. The van der Waals surface area contributed by atoms with Crippen molar-refractivity contribution in [2.24, 2.45) is 0 Å². The molecular formula is C47H30N4. The molecule has 2 aromatic heterocycles. The molecule has 8 aromatic carbocycles. The van der Waals surface area contributed by atoms with Crippen LogP contribution in [0.4, 0.5) is 0 Å². The first kappa shape index (κ1) is 29.0. The van der Waals surface area contributed by atoms with Gasteiger partial charge in [-0.15, -0.1) is 0 Å². The number of hydrogen-bond acceptors (Lipinski definition) is 3. The van der Waals surface area contributed by atoms with E-state index in [0.29, 0.717) is 17.5 Å². The maximum absolute atomic E-state index is 5.20. The van der Waals surface area contributed by atoms with Crippen LogP contribution in [0.2, 0.25) is 0 Å². The Kier molecular flexibility index (Phi) is 6.78. The fourth-order valence-corrected chi connectivity index (χ4v) is 7.42. The van der Waals surface area contributed by atoms with Gasteiger partial charge in [-0.3, -0.25) is 0 Å². The number of para-hydroxylation sites is 2. The average Bonchev–Trinajstić information content (AvgIpc) is 3.55. The van der Waals surface area contributed by atoms with E-state index in [0.717, 1.165) is 44.3 Å². The number of hydrogen-bond donors (Lipinski definition) is 0. The minimum absolute atomic E-state index is 0.637. The topological polar surface area (TPSA) is 43.6 Å². The molecular weight excluding hydrogens is 621 g/mol. The van der Waals surface area contributed by atoms with E-state index in [-0.39, 0.29) is 0 Å². The zero-order chi connectivity index (χ0) is 33.7. The lowest BCUT2D eigenvalue weighted by Crippen LogP contribution is -2.01. The third-order valence-electron chi connectivity index (χ3n) is 9.82. The zero-order valence-corrected chi connectivity index (χ0v) is 27.6. The smallest absolute Gasteiger partial charge is 0.164 e. The van der Waals surface area contributed by atoms with E-state index in [1.54, 1.807) is 0 Å². The molecule has 0 saturated heterocycles. The molecule has 0 N–H and O–H groups in total. The summed E-state index contributed by atoms with van der Waals surface area (Å²) in [6.45, 7) is 0. The first-order chi connectivity index (χ1) is 25.3. The number of rotatable bonds is 5. The Morgan fingerprint density at radius 3 is 1.71 bits per heavy atom. The predicted molar refractivity (Wildman–Crippen MR) is 211 cm³/mol. The van der Waals surface area contributed by atoms with Crippen LogP contribution in [0.1, 0.15) is 0 Å². The molecule has 0 aliphatic carbocycles. The summed E-state index contributed by atoms with van der Waals surface area (Å²) in [5.74, 6) is 1.93. The molecule has 0 atom stereocenters. The van der Waals surface area contributed by atoms with Gasteiger partial charge in [0.25, 0.3) is 0 Å². The van der Waals surface area contributed by atoms with E-state index in [4.69, 9.17) is 15.0 Å². The standard InChI is InChI=1S/C47H30N4/c1-3-14-31(15-4-1)45-48-46(50-47(49-45)42-29-34-16-7-8-21-37(34)38-22-9-10-23-39(38)42)35-18-13-17-32(28-35)33-26-27-41-40-24-11-12-25-43(40)51(44(41)30-33)36-19-5-2-6-20-36/h1-30H. The first-order valence-electron chi connectivity index (χ1n) is 17.2. The quantitative estimate of drug-likeness (QED) is 0.174. The molecule has 0 radical (unpaired) electrons. The van der Waals surface area contributed by atoms with Crippen LogP contribution < -0.4 is 0 Å². The highest BCUT2D eigenvalue weighted by atomic mass is 15.0. The van der Waals surface area contributed by atoms with Gasteiger partial charge in [0.05, 0.1) is 11.0 Å². The van der Waals surface area contributed by atoms with Gasteiger partial charge in [0.1, 0.15) is 0 Å². The highest BCUT2D eigenvalue weighted by molar-refractivity contribution is 6.13. The van der Waals surface area contributed by atoms with Gasteiger partial charge in [0, 0.05) is 33.2 Å². The van der Waals surface area contributed by atoms with Crippen LogP contribution in [0.25, 0.3) is 94.3 Å². The summed E-state index contributed by atoms with van der Waals surface area (Å²) in [5, 5.41) is 7.13. The SMILES string of the molecule is c1ccc(-c2nc(-c3cccc(-c4ccc5c6ccccc6n(-c6ccccc6)c5c4)c3)nc(-c3cc4ccccc4c4ccccc34)n2)cc1. The summed E-state index contributed by atoms with van der Waals surface area (Å²) in [4.78, 5) is 15.4. The Hall–Kier alpha value is -6.91. The number of aromatic nitrogens is 4. The van der Waals surface area contributed by atoms with Crippen LogP contribution in [0.3, 0.4) is 0 Å². The van der Waals surface area contributed by atoms with Crippen LogP contribution in [0, 0.1) is 0 Å². The highest BCUT2D eigenvalue weighted by Crippen LogP contribution is 2.37. The summed E-state index contributed by atoms with van der Waals surface area (Å²) in [6, 6.07) is 63.9. The van der Waals surface area contributed by atoms with Crippen molar-refractivity contribution in [3.05, 3.63) is 182 Å². The Bertz CT molecular complexity index is 2910. The largest absolute Gasteiger partial charge is 0.309 e. The molecule has 0 amide bonds. The molecule has 0 bridgehead atoms. The van der Waals surface area contributed by atoms with Gasteiger partial charge < -0.3 is 4.57 Å². The molecule has 4 heteroatoms. The lowest BCUT2D eigenvalue weighted by atomic mass is 9.96. The molecule has 10 rings (SSSR count). The summed E-state index contributed by atoms with van der Waals surface area (Å²) in [5.41, 5.74) is 8.59. The summed E-state index contributed by atoms with van der Waals surface area (Å²) in [7, 11) is 0. The average molecular weight is 651 g/mol. The van der Waals surface area contributed by atoms with Crippen molar-refractivity contribution in [3.8, 4) is 51.0 Å². The van der Waals surface area contributed by atoms with Crippen molar-refractivity contribution in [2.75, 3.05) is 0 Å². The van der Waals surface area contributed by atoms with Crippen LogP contribution in [0.5, 0.6) is 0 Å². The molecule has 10 aromatic rings. The second kappa shape index (κ2) is 11.9. The monoisotopic (exact) mass is 650 g/mol. The number of nitrogens with zero attached hydrogens (tertiary/aromatic N) is 4. The summed E-state index contributed by atoms with van der Waals surface area (Å²) >= 11 is 0. The van der Waals surface area contributed by atoms with E-state index in [2.05, 4.69) is 168 Å². The lowest BCUT2D eigenvalue weighted by Gasteiger charge is -2.13. The lowest BCUT2D eigenvalue weighted by molar-refractivity contribution is 1.08. The van der Waals surface area contributed by atoms with E-state index < -0.39 is 0 Å². The molecule has 0 aliphatic heterocycles. The molecule has 0 unspecified atom stereocenters. The minimum Gasteiger partial charge on any atom is -0.309 e. The van der Waals surface area contributed by atoms with E-state index in [9.17, 15) is 0 Å². The molecule has 0 aliphatic rings. The third-order valence-corrected chi connectivity index (χ3v) is 9.82. The zero-order valence-electron chi connectivity index (χ0n) is 27.6. The van der Waals surface area contributed by atoms with Gasteiger partial charge in [0.15, 0.2) is 17.5 Å². The van der Waals surface area contributed by atoms with Crippen molar-refractivity contribution in [1.82, 2.24) is 19.5 Å². The fourth-order valence-electron chi connectivity index (χ4n) is 7.42. The van der Waals surface area contributed by atoms with Gasteiger partial charge in [-0.05, 0) is 69.1 Å². The maximum atomic E-state index is 5.20. The molecule has 2 heterocycles.